The Bertz CT molecular complexity index is 670. The maximum atomic E-state index is 11.3. The normalized spacial score (nSPS) is 10.6. The smallest absolute Gasteiger partial charge is 0.335 e. The van der Waals surface area contributed by atoms with E-state index in [1.165, 1.54) is 0 Å². The van der Waals surface area contributed by atoms with Gasteiger partial charge in [-0.2, -0.15) is 0 Å². The SMILES string of the molecule is O=CC(CCc1ccc(C(=O)O)cc1)CCc1ccc(C(=O)O)cc1. The number of benzene rings is 2. The third-order valence-corrected chi connectivity index (χ3v) is 4.20. The van der Waals surface area contributed by atoms with Gasteiger partial charge in [0, 0.05) is 5.92 Å². The molecule has 0 saturated heterocycles. The van der Waals surface area contributed by atoms with Gasteiger partial charge >= 0.3 is 11.9 Å². The Hall–Kier alpha value is -2.95. The second-order valence-electron chi connectivity index (χ2n) is 5.98. The Morgan fingerprint density at radius 1 is 0.760 bits per heavy atom. The highest BCUT2D eigenvalue weighted by Gasteiger charge is 2.10. The molecular weight excluding hydrogens is 320 g/mol. The minimum Gasteiger partial charge on any atom is -0.478 e. The van der Waals surface area contributed by atoms with Crippen LogP contribution in [0.15, 0.2) is 48.5 Å². The zero-order chi connectivity index (χ0) is 18.2. The minimum atomic E-state index is -0.953. The van der Waals surface area contributed by atoms with Crippen LogP contribution in [0.5, 0.6) is 0 Å². The molecule has 0 aliphatic rings. The van der Waals surface area contributed by atoms with Crippen LogP contribution in [-0.4, -0.2) is 28.4 Å². The van der Waals surface area contributed by atoms with Gasteiger partial charge in [-0.3, -0.25) is 0 Å². The van der Waals surface area contributed by atoms with Crippen LogP contribution in [-0.2, 0) is 17.6 Å². The molecule has 2 rings (SSSR count). The predicted molar refractivity (Wildman–Crippen MR) is 93.0 cm³/mol. The zero-order valence-corrected chi connectivity index (χ0v) is 13.7. The molecule has 0 aliphatic heterocycles. The highest BCUT2D eigenvalue weighted by atomic mass is 16.4. The Morgan fingerprint density at radius 2 is 1.12 bits per heavy atom. The summed E-state index contributed by atoms with van der Waals surface area (Å²) >= 11 is 0. The quantitative estimate of drug-likeness (QED) is 0.682. The number of aromatic carboxylic acids is 2. The van der Waals surface area contributed by atoms with E-state index in [2.05, 4.69) is 0 Å². The fourth-order valence-corrected chi connectivity index (χ4v) is 2.61. The molecule has 0 radical (unpaired) electrons. The molecule has 5 heteroatoms. The van der Waals surface area contributed by atoms with Gasteiger partial charge in [0.15, 0.2) is 0 Å². The fourth-order valence-electron chi connectivity index (χ4n) is 2.61. The largest absolute Gasteiger partial charge is 0.478 e. The second kappa shape index (κ2) is 8.78. The van der Waals surface area contributed by atoms with Gasteiger partial charge in [-0.25, -0.2) is 9.59 Å². The highest BCUT2D eigenvalue weighted by molar-refractivity contribution is 5.87. The van der Waals surface area contributed by atoms with E-state index in [-0.39, 0.29) is 17.0 Å². The Kier molecular flexibility index (Phi) is 6.46. The molecule has 0 atom stereocenters. The number of carboxylic acid groups (broad SMARTS) is 2. The van der Waals surface area contributed by atoms with E-state index >= 15 is 0 Å². The van der Waals surface area contributed by atoms with Gasteiger partial charge in [-0.1, -0.05) is 24.3 Å². The lowest BCUT2D eigenvalue weighted by molar-refractivity contribution is -0.111. The summed E-state index contributed by atoms with van der Waals surface area (Å²) < 4.78 is 0. The topological polar surface area (TPSA) is 91.7 Å². The number of aryl methyl sites for hydroxylation is 2. The summed E-state index contributed by atoms with van der Waals surface area (Å²) in [6.07, 6.45) is 3.77. The van der Waals surface area contributed by atoms with Crippen LogP contribution in [0.4, 0.5) is 0 Å². The summed E-state index contributed by atoms with van der Waals surface area (Å²) in [5.41, 5.74) is 2.51. The number of rotatable bonds is 9. The molecule has 2 aromatic rings. The molecule has 0 saturated carbocycles. The molecule has 0 fully saturated rings. The van der Waals surface area contributed by atoms with Crippen molar-refractivity contribution in [3.63, 3.8) is 0 Å². The van der Waals surface area contributed by atoms with Gasteiger partial charge < -0.3 is 15.0 Å². The van der Waals surface area contributed by atoms with Crippen molar-refractivity contribution in [1.29, 1.82) is 0 Å². The van der Waals surface area contributed by atoms with Crippen molar-refractivity contribution in [3.8, 4) is 0 Å². The van der Waals surface area contributed by atoms with Gasteiger partial charge in [0.25, 0.3) is 0 Å². The monoisotopic (exact) mass is 340 g/mol. The van der Waals surface area contributed by atoms with Gasteiger partial charge in [0.2, 0.25) is 0 Å². The third kappa shape index (κ3) is 5.57. The van der Waals surface area contributed by atoms with E-state index in [0.29, 0.717) is 25.7 Å². The zero-order valence-electron chi connectivity index (χ0n) is 13.7. The van der Waals surface area contributed by atoms with Gasteiger partial charge in [0.05, 0.1) is 11.1 Å². The Balaban J connectivity index is 1.84. The summed E-state index contributed by atoms with van der Waals surface area (Å²) in [7, 11) is 0. The first-order chi connectivity index (χ1) is 12.0. The summed E-state index contributed by atoms with van der Waals surface area (Å²) in [6, 6.07) is 13.4. The van der Waals surface area contributed by atoms with Gasteiger partial charge in [0.1, 0.15) is 6.29 Å². The summed E-state index contributed by atoms with van der Waals surface area (Å²) in [5, 5.41) is 17.8. The third-order valence-electron chi connectivity index (χ3n) is 4.20. The lowest BCUT2D eigenvalue weighted by Crippen LogP contribution is -2.06. The molecule has 130 valence electrons. The van der Waals surface area contributed by atoms with Crippen molar-refractivity contribution in [2.75, 3.05) is 0 Å². The molecule has 5 nitrogen and oxygen atoms in total. The highest BCUT2D eigenvalue weighted by Crippen LogP contribution is 2.16. The molecular formula is C20H20O5. The van der Waals surface area contributed by atoms with Crippen molar-refractivity contribution in [3.05, 3.63) is 70.8 Å². The molecule has 0 unspecified atom stereocenters. The predicted octanol–water partition coefficient (Wildman–Crippen LogP) is 3.46. The minimum absolute atomic E-state index is 0.0849. The van der Waals surface area contributed by atoms with E-state index in [1.54, 1.807) is 48.5 Å². The van der Waals surface area contributed by atoms with Crippen molar-refractivity contribution in [2.45, 2.75) is 25.7 Å². The first-order valence-electron chi connectivity index (χ1n) is 8.09. The van der Waals surface area contributed by atoms with Crippen molar-refractivity contribution < 1.29 is 24.6 Å². The Labute approximate surface area is 145 Å². The van der Waals surface area contributed by atoms with E-state index in [0.717, 1.165) is 17.4 Å². The van der Waals surface area contributed by atoms with Crippen molar-refractivity contribution in [1.82, 2.24) is 0 Å². The first-order valence-corrected chi connectivity index (χ1v) is 8.09. The van der Waals surface area contributed by atoms with E-state index in [4.69, 9.17) is 10.2 Å². The number of aldehydes is 1. The number of hydrogen-bond donors (Lipinski definition) is 2. The van der Waals surface area contributed by atoms with Crippen LogP contribution < -0.4 is 0 Å². The van der Waals surface area contributed by atoms with Crippen LogP contribution in [0.2, 0.25) is 0 Å². The number of carbonyl (C=O) groups is 3. The van der Waals surface area contributed by atoms with E-state index in [1.807, 2.05) is 0 Å². The molecule has 0 amide bonds. The molecule has 25 heavy (non-hydrogen) atoms. The molecule has 2 aromatic carbocycles. The average Bonchev–Trinajstić information content (AvgIpc) is 2.62. The summed E-state index contributed by atoms with van der Waals surface area (Å²) in [4.78, 5) is 32.9. The fraction of sp³-hybridized carbons (Fsp3) is 0.250. The lowest BCUT2D eigenvalue weighted by atomic mass is 9.94. The van der Waals surface area contributed by atoms with E-state index in [9.17, 15) is 14.4 Å². The number of hydrogen-bond acceptors (Lipinski definition) is 3. The van der Waals surface area contributed by atoms with Crippen molar-refractivity contribution in [2.24, 2.45) is 5.92 Å². The van der Waals surface area contributed by atoms with Gasteiger partial charge in [-0.15, -0.1) is 0 Å². The first kappa shape index (κ1) is 18.4. The second-order valence-corrected chi connectivity index (χ2v) is 5.98. The summed E-state index contributed by atoms with van der Waals surface area (Å²) in [5.74, 6) is -1.99. The molecule has 0 spiro atoms. The Morgan fingerprint density at radius 3 is 1.40 bits per heavy atom. The van der Waals surface area contributed by atoms with Crippen molar-refractivity contribution >= 4 is 18.2 Å². The molecule has 0 aliphatic carbocycles. The molecule has 2 N–H and O–H groups in total. The average molecular weight is 340 g/mol. The number of carbonyl (C=O) groups excluding carboxylic acids is 1. The van der Waals surface area contributed by atoms with Crippen LogP contribution in [0.25, 0.3) is 0 Å². The van der Waals surface area contributed by atoms with Crippen LogP contribution >= 0.6 is 0 Å². The van der Waals surface area contributed by atoms with Gasteiger partial charge in [-0.05, 0) is 61.1 Å². The molecule has 0 aromatic heterocycles. The molecule has 0 bridgehead atoms. The maximum absolute atomic E-state index is 11.3. The maximum Gasteiger partial charge on any atom is 0.335 e. The van der Waals surface area contributed by atoms with Crippen LogP contribution in [0.1, 0.15) is 44.7 Å². The van der Waals surface area contributed by atoms with Crippen LogP contribution in [0.3, 0.4) is 0 Å². The number of carboxylic acids is 2. The lowest BCUT2D eigenvalue weighted by Gasteiger charge is -2.10. The van der Waals surface area contributed by atoms with Crippen LogP contribution in [0, 0.1) is 5.92 Å². The standard InChI is InChI=1S/C20H20O5/c21-13-16(3-1-14-5-9-17(10-6-14)19(22)23)4-2-15-7-11-18(12-8-15)20(24)25/h5-13,16H,1-4H2,(H,22,23)(H,24,25). The van der Waals surface area contributed by atoms with E-state index < -0.39 is 11.9 Å². The molecule has 0 heterocycles. The summed E-state index contributed by atoms with van der Waals surface area (Å²) in [6.45, 7) is 0.